The summed E-state index contributed by atoms with van der Waals surface area (Å²) >= 11 is 0. The predicted octanol–water partition coefficient (Wildman–Crippen LogP) is 2.89. The molecule has 0 aliphatic heterocycles. The molecule has 0 heterocycles. The molecule has 1 aromatic rings. The van der Waals surface area contributed by atoms with Crippen molar-refractivity contribution in [3.05, 3.63) is 34.9 Å². The molecule has 2 heteroatoms. The minimum atomic E-state index is 0.119. The lowest BCUT2D eigenvalue weighted by atomic mass is 10.0. The number of aryl methyl sites for hydroxylation is 2. The van der Waals surface area contributed by atoms with Gasteiger partial charge in [0.25, 0.3) is 0 Å². The van der Waals surface area contributed by atoms with Gasteiger partial charge < -0.3 is 5.32 Å². The van der Waals surface area contributed by atoms with E-state index in [0.29, 0.717) is 0 Å². The van der Waals surface area contributed by atoms with Crippen LogP contribution >= 0.6 is 0 Å². The molecule has 2 rings (SSSR count). The van der Waals surface area contributed by atoms with E-state index in [1.165, 1.54) is 16.7 Å². The summed E-state index contributed by atoms with van der Waals surface area (Å²) in [6.07, 6.45) is 2.12. The van der Waals surface area contributed by atoms with Crippen molar-refractivity contribution >= 4 is 5.91 Å². The molecule has 1 saturated carbocycles. The second-order valence-electron chi connectivity index (χ2n) is 4.86. The van der Waals surface area contributed by atoms with Gasteiger partial charge >= 0.3 is 0 Å². The summed E-state index contributed by atoms with van der Waals surface area (Å²) in [5.74, 6) is 0.501. The molecule has 0 unspecified atom stereocenters. The van der Waals surface area contributed by atoms with Crippen molar-refractivity contribution in [2.75, 3.05) is 0 Å². The van der Waals surface area contributed by atoms with E-state index < -0.39 is 0 Å². The summed E-state index contributed by atoms with van der Waals surface area (Å²) in [5.41, 5.74) is 3.74. The van der Waals surface area contributed by atoms with Crippen LogP contribution in [0.2, 0.25) is 0 Å². The van der Waals surface area contributed by atoms with Crippen LogP contribution in [0, 0.1) is 19.8 Å². The average Bonchev–Trinajstić information content (AvgIpc) is 2.99. The Labute approximate surface area is 97.1 Å². The Hall–Kier alpha value is -1.31. The molecule has 1 aromatic carbocycles. The molecule has 0 bridgehead atoms. The molecule has 1 aliphatic carbocycles. The highest BCUT2D eigenvalue weighted by Gasteiger charge is 2.30. The third-order valence-corrected chi connectivity index (χ3v) is 3.20. The highest BCUT2D eigenvalue weighted by atomic mass is 16.2. The molecule has 0 spiro atoms. The fourth-order valence-corrected chi connectivity index (χ4v) is 2.07. The van der Waals surface area contributed by atoms with Gasteiger partial charge in [-0.3, -0.25) is 4.79 Å². The highest BCUT2D eigenvalue weighted by molar-refractivity contribution is 5.81. The van der Waals surface area contributed by atoms with Crippen LogP contribution in [0.1, 0.15) is 42.5 Å². The summed E-state index contributed by atoms with van der Waals surface area (Å²) < 4.78 is 0. The Morgan fingerprint density at radius 3 is 2.62 bits per heavy atom. The second-order valence-corrected chi connectivity index (χ2v) is 4.86. The molecule has 0 saturated heterocycles. The van der Waals surface area contributed by atoms with Crippen molar-refractivity contribution < 1.29 is 4.79 Å². The molecule has 1 fully saturated rings. The van der Waals surface area contributed by atoms with E-state index in [9.17, 15) is 4.79 Å². The molecule has 1 amide bonds. The number of benzene rings is 1. The topological polar surface area (TPSA) is 29.1 Å². The molecular weight excluding hydrogens is 198 g/mol. The van der Waals surface area contributed by atoms with E-state index in [4.69, 9.17) is 0 Å². The summed E-state index contributed by atoms with van der Waals surface area (Å²) in [6, 6.07) is 6.49. The molecule has 86 valence electrons. The molecule has 1 N–H and O–H groups in total. The van der Waals surface area contributed by atoms with Crippen LogP contribution in [-0.2, 0) is 4.79 Å². The summed E-state index contributed by atoms with van der Waals surface area (Å²) in [6.45, 7) is 6.24. The van der Waals surface area contributed by atoms with Gasteiger partial charge in [0.15, 0.2) is 0 Å². The molecule has 0 radical (unpaired) electrons. The lowest BCUT2D eigenvalue weighted by Crippen LogP contribution is -2.28. The van der Waals surface area contributed by atoms with E-state index in [1.54, 1.807) is 0 Å². The van der Waals surface area contributed by atoms with E-state index in [-0.39, 0.29) is 17.9 Å². The zero-order chi connectivity index (χ0) is 11.7. The van der Waals surface area contributed by atoms with E-state index in [2.05, 4.69) is 44.3 Å². The molecule has 0 aromatic heterocycles. The van der Waals surface area contributed by atoms with Gasteiger partial charge in [-0.05, 0) is 44.7 Å². The van der Waals surface area contributed by atoms with Crippen LogP contribution in [0.3, 0.4) is 0 Å². The summed E-state index contributed by atoms with van der Waals surface area (Å²) in [7, 11) is 0. The molecule has 16 heavy (non-hydrogen) atoms. The minimum Gasteiger partial charge on any atom is -0.349 e. The normalized spacial score (nSPS) is 16.9. The summed E-state index contributed by atoms with van der Waals surface area (Å²) in [4.78, 5) is 11.7. The molecule has 1 aliphatic rings. The average molecular weight is 217 g/mol. The van der Waals surface area contributed by atoms with Crippen LogP contribution < -0.4 is 5.32 Å². The lowest BCUT2D eigenvalue weighted by molar-refractivity contribution is -0.122. The first-order valence-electron chi connectivity index (χ1n) is 5.95. The second kappa shape index (κ2) is 4.28. The van der Waals surface area contributed by atoms with Crippen LogP contribution in [0.5, 0.6) is 0 Å². The van der Waals surface area contributed by atoms with Crippen molar-refractivity contribution in [3.63, 3.8) is 0 Å². The van der Waals surface area contributed by atoms with Crippen molar-refractivity contribution in [3.8, 4) is 0 Å². The summed E-state index contributed by atoms with van der Waals surface area (Å²) in [5, 5.41) is 3.08. The van der Waals surface area contributed by atoms with Gasteiger partial charge in [-0.15, -0.1) is 0 Å². The third-order valence-electron chi connectivity index (χ3n) is 3.20. The standard InChI is InChI=1S/C14H19NO/c1-9-4-7-13(10(2)8-9)11(3)15-14(16)12-5-6-12/h4,7-8,11-12H,5-6H2,1-3H3,(H,15,16)/t11-/m0/s1. The Kier molecular flexibility index (Phi) is 2.99. The Morgan fingerprint density at radius 2 is 2.06 bits per heavy atom. The number of carbonyl (C=O) groups is 1. The SMILES string of the molecule is Cc1ccc([C@H](C)NC(=O)C2CC2)c(C)c1. The number of nitrogens with one attached hydrogen (secondary N) is 1. The Balaban J connectivity index is 2.07. The fourth-order valence-electron chi connectivity index (χ4n) is 2.07. The zero-order valence-corrected chi connectivity index (χ0v) is 10.2. The van der Waals surface area contributed by atoms with Crippen LogP contribution in [0.25, 0.3) is 0 Å². The van der Waals surface area contributed by atoms with Crippen molar-refractivity contribution in [2.45, 2.75) is 39.7 Å². The van der Waals surface area contributed by atoms with E-state index >= 15 is 0 Å². The largest absolute Gasteiger partial charge is 0.349 e. The van der Waals surface area contributed by atoms with Gasteiger partial charge in [-0.2, -0.15) is 0 Å². The van der Waals surface area contributed by atoms with Crippen LogP contribution in [0.15, 0.2) is 18.2 Å². The first-order chi connectivity index (χ1) is 7.58. The van der Waals surface area contributed by atoms with Crippen molar-refractivity contribution in [2.24, 2.45) is 5.92 Å². The van der Waals surface area contributed by atoms with Gasteiger partial charge in [0, 0.05) is 5.92 Å². The predicted molar refractivity (Wildman–Crippen MR) is 65.2 cm³/mol. The number of carbonyl (C=O) groups excluding carboxylic acids is 1. The number of hydrogen-bond donors (Lipinski definition) is 1. The van der Waals surface area contributed by atoms with Gasteiger partial charge in [0.2, 0.25) is 5.91 Å². The fraction of sp³-hybridized carbons (Fsp3) is 0.500. The van der Waals surface area contributed by atoms with E-state index in [1.807, 2.05) is 0 Å². The first-order valence-corrected chi connectivity index (χ1v) is 5.95. The maximum Gasteiger partial charge on any atom is 0.223 e. The van der Waals surface area contributed by atoms with Gasteiger partial charge in [0.05, 0.1) is 6.04 Å². The Bertz CT molecular complexity index is 407. The number of hydrogen-bond acceptors (Lipinski definition) is 1. The number of amides is 1. The maximum atomic E-state index is 11.7. The van der Waals surface area contributed by atoms with E-state index in [0.717, 1.165) is 12.8 Å². The quantitative estimate of drug-likeness (QED) is 0.828. The van der Waals surface area contributed by atoms with Crippen LogP contribution in [0.4, 0.5) is 0 Å². The molecular formula is C14H19NO. The molecule has 2 nitrogen and oxygen atoms in total. The molecule has 1 atom stereocenters. The number of rotatable bonds is 3. The van der Waals surface area contributed by atoms with Crippen molar-refractivity contribution in [1.82, 2.24) is 5.32 Å². The zero-order valence-electron chi connectivity index (χ0n) is 10.2. The minimum absolute atomic E-state index is 0.119. The Morgan fingerprint density at radius 1 is 1.38 bits per heavy atom. The van der Waals surface area contributed by atoms with Crippen molar-refractivity contribution in [1.29, 1.82) is 0 Å². The monoisotopic (exact) mass is 217 g/mol. The first kappa shape index (κ1) is 11.2. The van der Waals surface area contributed by atoms with Gasteiger partial charge in [0.1, 0.15) is 0 Å². The maximum absolute atomic E-state index is 11.7. The van der Waals surface area contributed by atoms with Gasteiger partial charge in [-0.25, -0.2) is 0 Å². The third kappa shape index (κ3) is 2.43. The van der Waals surface area contributed by atoms with Crippen LogP contribution in [-0.4, -0.2) is 5.91 Å². The highest BCUT2D eigenvalue weighted by Crippen LogP contribution is 2.30. The van der Waals surface area contributed by atoms with Gasteiger partial charge in [-0.1, -0.05) is 23.8 Å². The lowest BCUT2D eigenvalue weighted by Gasteiger charge is -2.17. The smallest absolute Gasteiger partial charge is 0.223 e.